The molecule has 1 aliphatic rings. The minimum atomic E-state index is -0.719. The molecule has 1 atom stereocenters. The van der Waals surface area contributed by atoms with E-state index in [0.29, 0.717) is 10.8 Å². The zero-order valence-electron chi connectivity index (χ0n) is 12.6. The molecule has 0 unspecified atom stereocenters. The van der Waals surface area contributed by atoms with Crippen LogP contribution >= 0.6 is 11.3 Å². The summed E-state index contributed by atoms with van der Waals surface area (Å²) in [5, 5.41) is 3.75. The normalized spacial score (nSPS) is 17.3. The minimum absolute atomic E-state index is 0.117. The van der Waals surface area contributed by atoms with Crippen molar-refractivity contribution in [1.82, 2.24) is 5.43 Å². The van der Waals surface area contributed by atoms with Crippen LogP contribution in [0.3, 0.4) is 0 Å². The summed E-state index contributed by atoms with van der Waals surface area (Å²) in [6.07, 6.45) is 4.33. The number of carbonyl (C=O) groups is 1. The number of nitrogens with one attached hydrogen (secondary N) is 1. The summed E-state index contributed by atoms with van der Waals surface area (Å²) >= 11 is 1.49. The molecule has 6 heteroatoms. The third kappa shape index (κ3) is 3.64. The number of hydrazone groups is 1. The molecule has 1 amide bonds. The lowest BCUT2D eigenvalue weighted by Crippen LogP contribution is -2.16. The number of benzene rings is 1. The quantitative estimate of drug-likeness (QED) is 0.671. The molecule has 1 aromatic heterocycles. The molecule has 3 rings (SSSR count). The fourth-order valence-corrected chi connectivity index (χ4v) is 3.74. The molecule has 0 aliphatic heterocycles. The molecule has 0 radical (unpaired) electrons. The Morgan fingerprint density at radius 2 is 2.22 bits per heavy atom. The predicted molar refractivity (Wildman–Crippen MR) is 86.9 cm³/mol. The van der Waals surface area contributed by atoms with Gasteiger partial charge in [-0.3, -0.25) is 4.79 Å². The molecule has 1 heterocycles. The predicted octanol–water partition coefficient (Wildman–Crippen LogP) is 3.92. The maximum atomic E-state index is 13.4. The van der Waals surface area contributed by atoms with Gasteiger partial charge in [-0.25, -0.2) is 14.2 Å². The highest BCUT2D eigenvalue weighted by atomic mass is 32.1. The molecule has 23 heavy (non-hydrogen) atoms. The Labute approximate surface area is 137 Å². The van der Waals surface area contributed by atoms with Crippen LogP contribution in [-0.2, 0) is 12.8 Å². The maximum Gasteiger partial charge on any atom is 0.281 e. The van der Waals surface area contributed by atoms with E-state index < -0.39 is 11.6 Å². The van der Waals surface area contributed by atoms with Gasteiger partial charge in [-0.1, -0.05) is 6.92 Å². The Morgan fingerprint density at radius 3 is 3.00 bits per heavy atom. The van der Waals surface area contributed by atoms with Crippen molar-refractivity contribution in [2.75, 3.05) is 0 Å². The van der Waals surface area contributed by atoms with Crippen LogP contribution in [0, 0.1) is 17.6 Å². The van der Waals surface area contributed by atoms with E-state index in [4.69, 9.17) is 0 Å². The lowest BCUT2D eigenvalue weighted by Gasteiger charge is -2.16. The lowest BCUT2D eigenvalue weighted by molar-refractivity contribution is 0.0959. The molecule has 1 N–H and O–H groups in total. The first kappa shape index (κ1) is 15.8. The molecule has 2 aromatic rings. The summed E-state index contributed by atoms with van der Waals surface area (Å²) < 4.78 is 26.3. The van der Waals surface area contributed by atoms with Crippen molar-refractivity contribution in [2.45, 2.75) is 26.2 Å². The summed E-state index contributed by atoms with van der Waals surface area (Å²) in [4.78, 5) is 14.0. The number of hydrogen-bond acceptors (Lipinski definition) is 3. The molecule has 3 nitrogen and oxygen atoms in total. The number of aryl methyl sites for hydroxylation is 1. The monoisotopic (exact) mass is 334 g/mol. The van der Waals surface area contributed by atoms with E-state index in [1.165, 1.54) is 34.1 Å². The van der Waals surface area contributed by atoms with E-state index in [9.17, 15) is 13.6 Å². The fourth-order valence-electron chi connectivity index (χ4n) is 2.64. The molecule has 0 saturated heterocycles. The summed E-state index contributed by atoms with van der Waals surface area (Å²) in [5.41, 5.74) is 3.75. The molecule has 1 aromatic carbocycles. The number of thiophene rings is 1. The third-order valence-corrected chi connectivity index (χ3v) is 5.12. The number of carbonyl (C=O) groups excluding carboxylic acids is 1. The standard InChI is InChI=1S/C17H16F2N2OS/c1-10-2-5-15-12(6-10)7-16(23-15)17(22)21-20-9-11-3-4-13(18)8-14(11)19/h3-4,7-10H,2,5-6H2,1H3,(H,21,22)/b20-9-/t10-/m0/s1. The maximum absolute atomic E-state index is 13.4. The van der Waals surface area contributed by atoms with Crippen molar-refractivity contribution >= 4 is 23.5 Å². The summed E-state index contributed by atoms with van der Waals surface area (Å²) in [6.45, 7) is 2.21. The Morgan fingerprint density at radius 1 is 1.39 bits per heavy atom. The Hall–Kier alpha value is -2.08. The van der Waals surface area contributed by atoms with Gasteiger partial charge in [-0.15, -0.1) is 11.3 Å². The first-order chi connectivity index (χ1) is 11.0. The average Bonchev–Trinajstić information content (AvgIpc) is 2.92. The first-order valence-corrected chi connectivity index (χ1v) is 8.24. The molecular weight excluding hydrogens is 318 g/mol. The van der Waals surface area contributed by atoms with Crippen molar-refractivity contribution in [2.24, 2.45) is 11.0 Å². The summed E-state index contributed by atoms with van der Waals surface area (Å²) in [7, 11) is 0. The SMILES string of the molecule is C[C@H]1CCc2sc(C(=O)N/N=C\c3ccc(F)cc3F)cc2C1. The van der Waals surface area contributed by atoms with Gasteiger partial charge in [0.2, 0.25) is 0 Å². The molecule has 0 spiro atoms. The number of fused-ring (bicyclic) bond motifs is 1. The van der Waals surface area contributed by atoms with E-state index in [1.54, 1.807) is 0 Å². The number of nitrogens with zero attached hydrogens (tertiary/aromatic N) is 1. The molecule has 1 aliphatic carbocycles. The lowest BCUT2D eigenvalue weighted by atomic mass is 9.90. The van der Waals surface area contributed by atoms with Crippen LogP contribution < -0.4 is 5.43 Å². The van der Waals surface area contributed by atoms with Crippen molar-refractivity contribution in [1.29, 1.82) is 0 Å². The van der Waals surface area contributed by atoms with Gasteiger partial charge >= 0.3 is 0 Å². The number of hydrogen-bond donors (Lipinski definition) is 1. The van der Waals surface area contributed by atoms with Crippen LogP contribution in [0.1, 0.15) is 39.0 Å². The van der Waals surface area contributed by atoms with E-state index in [1.807, 2.05) is 6.07 Å². The van der Waals surface area contributed by atoms with E-state index >= 15 is 0 Å². The highest BCUT2D eigenvalue weighted by Crippen LogP contribution is 2.32. The van der Waals surface area contributed by atoms with E-state index in [-0.39, 0.29) is 11.5 Å². The first-order valence-electron chi connectivity index (χ1n) is 7.43. The van der Waals surface area contributed by atoms with Gasteiger partial charge in [0.25, 0.3) is 5.91 Å². The molecule has 0 fully saturated rings. The number of halogens is 2. The van der Waals surface area contributed by atoms with Gasteiger partial charge < -0.3 is 0 Å². The fraction of sp³-hybridized carbons (Fsp3) is 0.294. The number of rotatable bonds is 3. The molecular formula is C17H16F2N2OS. The highest BCUT2D eigenvalue weighted by molar-refractivity contribution is 7.14. The third-order valence-electron chi connectivity index (χ3n) is 3.89. The van der Waals surface area contributed by atoms with Gasteiger partial charge in [0.1, 0.15) is 11.6 Å². The van der Waals surface area contributed by atoms with Crippen LogP contribution in [-0.4, -0.2) is 12.1 Å². The smallest absolute Gasteiger partial charge is 0.266 e. The Kier molecular flexibility index (Phi) is 4.52. The zero-order valence-corrected chi connectivity index (χ0v) is 13.4. The van der Waals surface area contributed by atoms with Crippen LogP contribution in [0.4, 0.5) is 8.78 Å². The second-order valence-electron chi connectivity index (χ2n) is 5.77. The van der Waals surface area contributed by atoms with Gasteiger partial charge in [0, 0.05) is 16.5 Å². The van der Waals surface area contributed by atoms with E-state index in [0.717, 1.165) is 31.4 Å². The van der Waals surface area contributed by atoms with E-state index in [2.05, 4.69) is 17.5 Å². The molecule has 0 saturated carbocycles. The Balaban J connectivity index is 1.66. The minimum Gasteiger partial charge on any atom is -0.266 e. The second-order valence-corrected chi connectivity index (χ2v) is 6.91. The van der Waals surface area contributed by atoms with Crippen LogP contribution in [0.5, 0.6) is 0 Å². The zero-order chi connectivity index (χ0) is 16.4. The van der Waals surface area contributed by atoms with Crippen LogP contribution in [0.25, 0.3) is 0 Å². The van der Waals surface area contributed by atoms with Crippen LogP contribution in [0.15, 0.2) is 29.4 Å². The van der Waals surface area contributed by atoms with Crippen molar-refractivity contribution in [3.63, 3.8) is 0 Å². The van der Waals surface area contributed by atoms with Gasteiger partial charge in [-0.2, -0.15) is 5.10 Å². The van der Waals surface area contributed by atoms with Gasteiger partial charge in [-0.05, 0) is 48.9 Å². The molecule has 0 bridgehead atoms. The largest absolute Gasteiger partial charge is 0.281 e. The van der Waals surface area contributed by atoms with Gasteiger partial charge in [0.15, 0.2) is 0 Å². The topological polar surface area (TPSA) is 41.5 Å². The van der Waals surface area contributed by atoms with Crippen molar-refractivity contribution in [3.8, 4) is 0 Å². The van der Waals surface area contributed by atoms with Crippen LogP contribution in [0.2, 0.25) is 0 Å². The second kappa shape index (κ2) is 6.58. The molecule has 120 valence electrons. The summed E-state index contributed by atoms with van der Waals surface area (Å²) in [5.74, 6) is -1.03. The average molecular weight is 334 g/mol. The van der Waals surface area contributed by atoms with Gasteiger partial charge in [0.05, 0.1) is 11.1 Å². The summed E-state index contributed by atoms with van der Waals surface area (Å²) in [6, 6.07) is 5.10. The van der Waals surface area contributed by atoms with Crippen molar-refractivity contribution in [3.05, 3.63) is 56.8 Å². The highest BCUT2D eigenvalue weighted by Gasteiger charge is 2.20. The number of amides is 1. The van der Waals surface area contributed by atoms with Crippen molar-refractivity contribution < 1.29 is 13.6 Å². The Bertz CT molecular complexity index is 770.